The summed E-state index contributed by atoms with van der Waals surface area (Å²) < 4.78 is 0. The van der Waals surface area contributed by atoms with Crippen molar-refractivity contribution < 1.29 is 0 Å². The summed E-state index contributed by atoms with van der Waals surface area (Å²) in [6, 6.07) is 30.4. The summed E-state index contributed by atoms with van der Waals surface area (Å²) in [5.74, 6) is 0. The third-order valence-corrected chi connectivity index (χ3v) is 9.78. The standard InChI is InChI=1S/C39H42N6/c1-3-15-36(16-4-1)44(40-27-30-23-32-11-7-19-42-20-8-12-33(24-30)38(32)42)29-45(37-17-5-2-6-18-37)41-28-31-25-34-13-9-21-43-22-10-14-35(26-31)39(34)43/h1-6,15-18,23-28H,7-14,19-22,29H2/b40-27+,41-28+. The van der Waals surface area contributed by atoms with Crippen molar-refractivity contribution in [2.45, 2.75) is 51.4 Å². The molecule has 4 heterocycles. The maximum absolute atomic E-state index is 5.12. The van der Waals surface area contributed by atoms with Gasteiger partial charge in [0.05, 0.1) is 23.8 Å². The molecule has 0 unspecified atom stereocenters. The van der Waals surface area contributed by atoms with Crippen LogP contribution in [0.2, 0.25) is 0 Å². The normalized spacial score (nSPS) is 17.0. The second-order valence-electron chi connectivity index (χ2n) is 12.9. The minimum atomic E-state index is 0.484. The van der Waals surface area contributed by atoms with Crippen LogP contribution in [0, 0.1) is 0 Å². The highest BCUT2D eigenvalue weighted by Gasteiger charge is 2.25. The van der Waals surface area contributed by atoms with Crippen LogP contribution >= 0.6 is 0 Å². The van der Waals surface area contributed by atoms with Crippen molar-refractivity contribution in [3.8, 4) is 0 Å². The van der Waals surface area contributed by atoms with Gasteiger partial charge in [0.15, 0.2) is 0 Å². The number of rotatable bonds is 8. The van der Waals surface area contributed by atoms with Gasteiger partial charge < -0.3 is 9.80 Å². The summed E-state index contributed by atoms with van der Waals surface area (Å²) in [5, 5.41) is 14.4. The molecule has 0 saturated carbocycles. The van der Waals surface area contributed by atoms with Gasteiger partial charge in [0.1, 0.15) is 6.67 Å². The van der Waals surface area contributed by atoms with Crippen molar-refractivity contribution in [2.24, 2.45) is 10.2 Å². The lowest BCUT2D eigenvalue weighted by Gasteiger charge is -2.37. The molecular weight excluding hydrogens is 552 g/mol. The van der Waals surface area contributed by atoms with E-state index in [1.807, 2.05) is 12.4 Å². The summed E-state index contributed by atoms with van der Waals surface area (Å²) >= 11 is 0. The molecule has 0 aromatic heterocycles. The Kier molecular flexibility index (Phi) is 7.72. The van der Waals surface area contributed by atoms with E-state index in [9.17, 15) is 0 Å². The molecule has 4 aliphatic heterocycles. The first-order valence-corrected chi connectivity index (χ1v) is 16.8. The fourth-order valence-corrected chi connectivity index (χ4v) is 7.78. The lowest BCUT2D eigenvalue weighted by Crippen LogP contribution is -2.34. The van der Waals surface area contributed by atoms with E-state index in [4.69, 9.17) is 10.2 Å². The molecule has 0 bridgehead atoms. The van der Waals surface area contributed by atoms with Gasteiger partial charge in [-0.2, -0.15) is 10.2 Å². The summed E-state index contributed by atoms with van der Waals surface area (Å²) in [7, 11) is 0. The number of hydrogen-bond donors (Lipinski definition) is 0. The second kappa shape index (κ2) is 12.4. The number of aryl methyl sites for hydroxylation is 4. The molecule has 0 aliphatic carbocycles. The summed E-state index contributed by atoms with van der Waals surface area (Å²) in [5.41, 5.74) is 13.4. The molecule has 4 aromatic carbocycles. The SMILES string of the molecule is C(=N\N(CN(/N=C/c1cc2c3c(c1)CCCN3CCC2)c1ccccc1)c1ccccc1)/c1cc2c3c(c1)CCCN3CCC2. The minimum Gasteiger partial charge on any atom is -0.371 e. The Hall–Kier alpha value is -4.58. The van der Waals surface area contributed by atoms with E-state index in [1.54, 1.807) is 0 Å². The molecule has 0 radical (unpaired) electrons. The van der Waals surface area contributed by atoms with Gasteiger partial charge in [-0.15, -0.1) is 0 Å². The lowest BCUT2D eigenvalue weighted by atomic mass is 9.90. The molecule has 45 heavy (non-hydrogen) atoms. The number of hydrogen-bond acceptors (Lipinski definition) is 6. The maximum atomic E-state index is 5.12. The molecule has 4 aromatic rings. The Morgan fingerprint density at radius 2 is 0.867 bits per heavy atom. The Morgan fingerprint density at radius 1 is 0.511 bits per heavy atom. The molecule has 0 saturated heterocycles. The van der Waals surface area contributed by atoms with Gasteiger partial charge in [-0.3, -0.25) is 0 Å². The van der Waals surface area contributed by atoms with Crippen LogP contribution in [-0.2, 0) is 25.7 Å². The first kappa shape index (κ1) is 27.9. The Labute approximate surface area is 267 Å². The zero-order valence-electron chi connectivity index (χ0n) is 26.1. The van der Waals surface area contributed by atoms with Gasteiger partial charge in [0.25, 0.3) is 0 Å². The number of nitrogens with zero attached hydrogens (tertiary/aromatic N) is 6. The largest absolute Gasteiger partial charge is 0.371 e. The Morgan fingerprint density at radius 3 is 1.22 bits per heavy atom. The first-order valence-electron chi connectivity index (χ1n) is 16.8. The number of anilines is 4. The molecule has 0 N–H and O–H groups in total. The van der Waals surface area contributed by atoms with E-state index in [1.165, 1.54) is 96.6 Å². The maximum Gasteiger partial charge on any atom is 0.134 e. The van der Waals surface area contributed by atoms with E-state index >= 15 is 0 Å². The number of para-hydroxylation sites is 2. The third kappa shape index (κ3) is 5.82. The van der Waals surface area contributed by atoms with Crippen molar-refractivity contribution in [3.63, 3.8) is 0 Å². The fourth-order valence-electron chi connectivity index (χ4n) is 7.78. The Balaban J connectivity index is 1.11. The van der Waals surface area contributed by atoms with Crippen molar-refractivity contribution >= 4 is 35.2 Å². The summed E-state index contributed by atoms with van der Waals surface area (Å²) in [6.45, 7) is 5.25. The summed E-state index contributed by atoms with van der Waals surface area (Å²) in [6.07, 6.45) is 13.6. The van der Waals surface area contributed by atoms with Gasteiger partial charge in [-0.1, -0.05) is 36.4 Å². The van der Waals surface area contributed by atoms with Crippen LogP contribution in [0.15, 0.2) is 95.1 Å². The van der Waals surface area contributed by atoms with Crippen LogP contribution in [0.4, 0.5) is 22.7 Å². The van der Waals surface area contributed by atoms with Crippen molar-refractivity contribution in [1.29, 1.82) is 0 Å². The van der Waals surface area contributed by atoms with Crippen molar-refractivity contribution in [2.75, 3.05) is 52.7 Å². The predicted octanol–water partition coefficient (Wildman–Crippen LogP) is 7.42. The van der Waals surface area contributed by atoms with E-state index < -0.39 is 0 Å². The molecule has 228 valence electrons. The van der Waals surface area contributed by atoms with Crippen LogP contribution in [-0.4, -0.2) is 45.3 Å². The van der Waals surface area contributed by atoms with E-state index in [0.29, 0.717) is 6.67 Å². The molecule has 6 nitrogen and oxygen atoms in total. The van der Waals surface area contributed by atoms with Gasteiger partial charge in [0.2, 0.25) is 0 Å². The van der Waals surface area contributed by atoms with Gasteiger partial charge in [-0.25, -0.2) is 10.0 Å². The van der Waals surface area contributed by atoms with Crippen molar-refractivity contribution in [3.05, 3.63) is 118 Å². The molecule has 4 aliphatic rings. The molecule has 0 amide bonds. The van der Waals surface area contributed by atoms with Crippen LogP contribution in [0.3, 0.4) is 0 Å². The van der Waals surface area contributed by atoms with Crippen LogP contribution in [0.25, 0.3) is 0 Å². The topological polar surface area (TPSA) is 37.7 Å². The fraction of sp³-hybridized carbons (Fsp3) is 0.333. The zero-order valence-corrected chi connectivity index (χ0v) is 26.1. The Bertz CT molecular complexity index is 1520. The number of benzene rings is 4. The summed E-state index contributed by atoms with van der Waals surface area (Å²) in [4.78, 5) is 5.19. The average Bonchev–Trinajstić information content (AvgIpc) is 3.09. The molecule has 0 atom stereocenters. The average molecular weight is 595 g/mol. The number of hydrazone groups is 2. The highest BCUT2D eigenvalue weighted by molar-refractivity contribution is 5.85. The van der Waals surface area contributed by atoms with Crippen molar-refractivity contribution in [1.82, 2.24) is 0 Å². The van der Waals surface area contributed by atoms with Gasteiger partial charge in [-0.05, 0) is 133 Å². The highest BCUT2D eigenvalue weighted by Crippen LogP contribution is 2.37. The van der Waals surface area contributed by atoms with Gasteiger partial charge >= 0.3 is 0 Å². The molecule has 6 heteroatoms. The predicted molar refractivity (Wildman–Crippen MR) is 188 cm³/mol. The zero-order chi connectivity index (χ0) is 30.0. The molecule has 0 fully saturated rings. The van der Waals surface area contributed by atoms with Crippen LogP contribution < -0.4 is 19.8 Å². The third-order valence-electron chi connectivity index (χ3n) is 9.78. The highest BCUT2D eigenvalue weighted by atomic mass is 15.6. The van der Waals surface area contributed by atoms with Gasteiger partial charge in [0, 0.05) is 37.6 Å². The van der Waals surface area contributed by atoms with Crippen LogP contribution in [0.5, 0.6) is 0 Å². The molecule has 0 spiro atoms. The minimum absolute atomic E-state index is 0.484. The van der Waals surface area contributed by atoms with E-state index in [2.05, 4.69) is 105 Å². The second-order valence-corrected chi connectivity index (χ2v) is 12.9. The van der Waals surface area contributed by atoms with E-state index in [-0.39, 0.29) is 0 Å². The monoisotopic (exact) mass is 594 g/mol. The van der Waals surface area contributed by atoms with E-state index in [0.717, 1.165) is 37.1 Å². The molecular formula is C39H42N6. The lowest BCUT2D eigenvalue weighted by molar-refractivity contribution is 0.634. The first-order chi connectivity index (χ1) is 22.3. The van der Waals surface area contributed by atoms with Crippen LogP contribution in [0.1, 0.15) is 59.1 Å². The molecule has 8 rings (SSSR count). The quantitative estimate of drug-likeness (QED) is 0.121. The smallest absolute Gasteiger partial charge is 0.134 e.